The summed E-state index contributed by atoms with van der Waals surface area (Å²) in [4.78, 5) is 17.8. The fourth-order valence-electron chi connectivity index (χ4n) is 2.51. The fourth-order valence-corrected chi connectivity index (χ4v) is 2.97. The van der Waals surface area contributed by atoms with Crippen LogP contribution in [0.4, 0.5) is 22.2 Å². The van der Waals surface area contributed by atoms with E-state index in [1.165, 1.54) is 18.3 Å². The van der Waals surface area contributed by atoms with E-state index in [0.29, 0.717) is 42.8 Å². The lowest BCUT2D eigenvalue weighted by atomic mass is 10.2. The SMILES string of the molecule is CC(=O)Nc1cc(N(CCOCCO)CCOCCO)ccc1N=Nc1nccs1. The Morgan fingerprint density at radius 1 is 1.13 bits per heavy atom. The van der Waals surface area contributed by atoms with Crippen molar-refractivity contribution in [2.75, 3.05) is 62.9 Å². The summed E-state index contributed by atoms with van der Waals surface area (Å²) in [6.07, 6.45) is 1.65. The molecule has 1 amide bonds. The molecular weight excluding hydrogens is 410 g/mol. The lowest BCUT2D eigenvalue weighted by Gasteiger charge is -2.25. The molecule has 0 saturated carbocycles. The van der Waals surface area contributed by atoms with Gasteiger partial charge in [-0.1, -0.05) is 0 Å². The molecule has 0 spiro atoms. The Bertz CT molecular complexity index is 776. The van der Waals surface area contributed by atoms with E-state index < -0.39 is 0 Å². The van der Waals surface area contributed by atoms with Crippen molar-refractivity contribution in [3.63, 3.8) is 0 Å². The summed E-state index contributed by atoms with van der Waals surface area (Å²) < 4.78 is 10.8. The number of aliphatic hydroxyl groups is 2. The zero-order valence-electron chi connectivity index (χ0n) is 16.9. The summed E-state index contributed by atoms with van der Waals surface area (Å²) >= 11 is 1.37. The second-order valence-corrected chi connectivity index (χ2v) is 6.93. The number of hydrogen-bond donors (Lipinski definition) is 3. The van der Waals surface area contributed by atoms with Crippen LogP contribution >= 0.6 is 11.3 Å². The zero-order chi connectivity index (χ0) is 21.6. The number of benzene rings is 1. The number of carbonyl (C=O) groups excluding carboxylic acids is 1. The minimum absolute atomic E-state index is 0.0366. The van der Waals surface area contributed by atoms with Crippen LogP contribution in [0.15, 0.2) is 40.0 Å². The fraction of sp³-hybridized carbons (Fsp3) is 0.474. The van der Waals surface area contributed by atoms with Crippen LogP contribution in [0.1, 0.15) is 6.92 Å². The Morgan fingerprint density at radius 2 is 1.83 bits per heavy atom. The van der Waals surface area contributed by atoms with Crippen LogP contribution in [0.2, 0.25) is 0 Å². The maximum atomic E-state index is 11.7. The van der Waals surface area contributed by atoms with Crippen molar-refractivity contribution in [3.05, 3.63) is 29.8 Å². The van der Waals surface area contributed by atoms with E-state index in [1.807, 2.05) is 22.4 Å². The number of nitrogens with one attached hydrogen (secondary N) is 1. The van der Waals surface area contributed by atoms with Crippen molar-refractivity contribution in [3.8, 4) is 0 Å². The minimum atomic E-state index is -0.220. The van der Waals surface area contributed by atoms with E-state index in [9.17, 15) is 4.79 Å². The van der Waals surface area contributed by atoms with Crippen molar-refractivity contribution in [1.29, 1.82) is 0 Å². The number of azo groups is 1. The van der Waals surface area contributed by atoms with Gasteiger partial charge in [0.1, 0.15) is 5.69 Å². The molecule has 0 radical (unpaired) electrons. The average molecular weight is 438 g/mol. The summed E-state index contributed by atoms with van der Waals surface area (Å²) in [5.41, 5.74) is 1.88. The number of nitrogens with zero attached hydrogens (tertiary/aromatic N) is 4. The Kier molecular flexibility index (Phi) is 10.9. The molecule has 1 aromatic heterocycles. The van der Waals surface area contributed by atoms with E-state index in [2.05, 4.69) is 20.5 Å². The van der Waals surface area contributed by atoms with Gasteiger partial charge in [-0.2, -0.15) is 0 Å². The summed E-state index contributed by atoms with van der Waals surface area (Å²) in [6, 6.07) is 5.46. The first-order chi connectivity index (χ1) is 14.6. The molecule has 0 aliphatic carbocycles. The molecule has 164 valence electrons. The third-order valence-electron chi connectivity index (χ3n) is 3.80. The summed E-state index contributed by atoms with van der Waals surface area (Å²) in [7, 11) is 0. The van der Waals surface area contributed by atoms with Gasteiger partial charge < -0.3 is 29.9 Å². The molecule has 0 aliphatic rings. The van der Waals surface area contributed by atoms with Crippen LogP contribution in [0, 0.1) is 0 Å². The first kappa shape index (κ1) is 23.8. The molecule has 0 fully saturated rings. The van der Waals surface area contributed by atoms with Gasteiger partial charge in [-0.25, -0.2) is 4.98 Å². The van der Waals surface area contributed by atoms with E-state index >= 15 is 0 Å². The molecule has 2 aromatic rings. The van der Waals surface area contributed by atoms with Gasteiger partial charge in [-0.15, -0.1) is 21.6 Å². The predicted molar refractivity (Wildman–Crippen MR) is 115 cm³/mol. The van der Waals surface area contributed by atoms with Gasteiger partial charge in [-0.05, 0) is 18.2 Å². The van der Waals surface area contributed by atoms with Crippen LogP contribution in [0.25, 0.3) is 0 Å². The van der Waals surface area contributed by atoms with E-state index in [4.69, 9.17) is 19.7 Å². The minimum Gasteiger partial charge on any atom is -0.394 e. The number of rotatable bonds is 14. The van der Waals surface area contributed by atoms with Gasteiger partial charge in [-0.3, -0.25) is 4.79 Å². The van der Waals surface area contributed by atoms with E-state index in [0.717, 1.165) is 5.69 Å². The van der Waals surface area contributed by atoms with Crippen LogP contribution in [-0.2, 0) is 14.3 Å². The second kappa shape index (κ2) is 13.7. The van der Waals surface area contributed by atoms with Gasteiger partial charge in [0, 0.05) is 37.3 Å². The number of amides is 1. The smallest absolute Gasteiger partial charge is 0.229 e. The molecule has 10 nitrogen and oxygen atoms in total. The quantitative estimate of drug-likeness (QED) is 0.306. The topological polar surface area (TPSA) is 129 Å². The lowest BCUT2D eigenvalue weighted by molar-refractivity contribution is -0.114. The molecule has 0 bridgehead atoms. The Labute approximate surface area is 179 Å². The van der Waals surface area contributed by atoms with E-state index in [1.54, 1.807) is 12.3 Å². The number of ether oxygens (including phenoxy) is 2. The molecule has 30 heavy (non-hydrogen) atoms. The van der Waals surface area contributed by atoms with Gasteiger partial charge in [0.15, 0.2) is 0 Å². The normalized spacial score (nSPS) is 11.2. The zero-order valence-corrected chi connectivity index (χ0v) is 17.7. The van der Waals surface area contributed by atoms with Gasteiger partial charge in [0.25, 0.3) is 0 Å². The number of hydrogen-bond acceptors (Lipinski definition) is 10. The number of aromatic nitrogens is 1. The molecule has 0 saturated heterocycles. The molecule has 0 atom stereocenters. The van der Waals surface area contributed by atoms with Crippen molar-refractivity contribution in [2.45, 2.75) is 6.92 Å². The predicted octanol–water partition coefficient (Wildman–Crippen LogP) is 2.34. The highest BCUT2D eigenvalue weighted by atomic mass is 32.1. The number of thiazole rings is 1. The Morgan fingerprint density at radius 3 is 2.40 bits per heavy atom. The standard InChI is InChI=1S/C19H27N5O5S/c1-15(27)21-18-14-16(2-3-17(18)22-23-19-20-4-13-30-19)24(5-9-28-11-7-25)6-10-29-12-8-26/h2-4,13-14,25-26H,5-12H2,1H3,(H,21,27). The number of carbonyl (C=O) groups is 1. The number of anilines is 2. The van der Waals surface area contributed by atoms with Crippen molar-refractivity contribution >= 4 is 39.4 Å². The molecular formula is C19H27N5O5S. The van der Waals surface area contributed by atoms with Crippen LogP contribution in [0.3, 0.4) is 0 Å². The molecule has 11 heteroatoms. The maximum absolute atomic E-state index is 11.7. The van der Waals surface area contributed by atoms with Crippen LogP contribution < -0.4 is 10.2 Å². The highest BCUT2D eigenvalue weighted by molar-refractivity contribution is 7.13. The monoisotopic (exact) mass is 437 g/mol. The Hall–Kier alpha value is -2.44. The van der Waals surface area contributed by atoms with Gasteiger partial charge in [0.05, 0.1) is 45.3 Å². The Balaban J connectivity index is 2.19. The summed E-state index contributed by atoms with van der Waals surface area (Å²) in [6.45, 7) is 3.84. The van der Waals surface area contributed by atoms with Crippen molar-refractivity contribution in [2.24, 2.45) is 10.2 Å². The van der Waals surface area contributed by atoms with Crippen LogP contribution in [0.5, 0.6) is 0 Å². The highest BCUT2D eigenvalue weighted by Crippen LogP contribution is 2.32. The molecule has 2 rings (SSSR count). The molecule has 0 unspecified atom stereocenters. The molecule has 0 aliphatic heterocycles. The van der Waals surface area contributed by atoms with Crippen molar-refractivity contribution < 1.29 is 24.5 Å². The third-order valence-corrected chi connectivity index (χ3v) is 4.46. The van der Waals surface area contributed by atoms with Gasteiger partial charge >= 0.3 is 0 Å². The molecule has 3 N–H and O–H groups in total. The first-order valence-electron chi connectivity index (χ1n) is 9.49. The number of aliphatic hydroxyl groups excluding tert-OH is 2. The highest BCUT2D eigenvalue weighted by Gasteiger charge is 2.12. The van der Waals surface area contributed by atoms with Crippen molar-refractivity contribution in [1.82, 2.24) is 4.98 Å². The largest absolute Gasteiger partial charge is 0.394 e. The summed E-state index contributed by atoms with van der Waals surface area (Å²) in [5, 5.41) is 31.2. The first-order valence-corrected chi connectivity index (χ1v) is 10.4. The van der Waals surface area contributed by atoms with E-state index in [-0.39, 0.29) is 32.3 Å². The molecule has 1 aromatic carbocycles. The third kappa shape index (κ3) is 8.51. The van der Waals surface area contributed by atoms with Gasteiger partial charge in [0.2, 0.25) is 11.0 Å². The maximum Gasteiger partial charge on any atom is 0.229 e. The summed E-state index contributed by atoms with van der Waals surface area (Å²) in [5.74, 6) is -0.220. The lowest BCUT2D eigenvalue weighted by Crippen LogP contribution is -2.31. The second-order valence-electron chi connectivity index (χ2n) is 6.06. The van der Waals surface area contributed by atoms with Crippen LogP contribution in [-0.4, -0.2) is 73.8 Å². The average Bonchev–Trinajstić information content (AvgIpc) is 3.25. The molecule has 1 heterocycles.